The molecule has 1 atom stereocenters. The van der Waals surface area contributed by atoms with Crippen LogP contribution in [0.4, 0.5) is 4.39 Å². The Kier molecular flexibility index (Phi) is 6.71. The first-order valence-corrected chi connectivity index (χ1v) is 11.8. The van der Waals surface area contributed by atoms with Crippen LogP contribution in [0.5, 0.6) is 0 Å². The van der Waals surface area contributed by atoms with Crippen molar-refractivity contribution in [1.82, 2.24) is 10.3 Å². The van der Waals surface area contributed by atoms with E-state index in [1.807, 2.05) is 5.38 Å². The Morgan fingerprint density at radius 1 is 1.28 bits per heavy atom. The van der Waals surface area contributed by atoms with E-state index < -0.39 is 23.8 Å². The first-order valence-electron chi connectivity index (χ1n) is 10.1. The van der Waals surface area contributed by atoms with Gasteiger partial charge in [-0.1, -0.05) is 22.0 Å². The van der Waals surface area contributed by atoms with E-state index in [1.54, 1.807) is 12.3 Å². The second-order valence-electron chi connectivity index (χ2n) is 7.71. The van der Waals surface area contributed by atoms with E-state index in [0.29, 0.717) is 57.8 Å². The average molecular weight is 522 g/mol. The second kappa shape index (κ2) is 9.50. The van der Waals surface area contributed by atoms with Crippen LogP contribution in [0.2, 0.25) is 0 Å². The molecule has 2 aliphatic rings. The third-order valence-corrected chi connectivity index (χ3v) is 7.32. The van der Waals surface area contributed by atoms with E-state index in [4.69, 9.17) is 9.73 Å². The molecule has 0 unspecified atom stereocenters. The fourth-order valence-corrected chi connectivity index (χ4v) is 5.40. The number of benzene rings is 1. The Bertz CT molecular complexity index is 1090. The molecule has 2 aromatic rings. The van der Waals surface area contributed by atoms with Crippen molar-refractivity contribution in [1.29, 1.82) is 0 Å². The van der Waals surface area contributed by atoms with Crippen LogP contribution in [-0.2, 0) is 14.3 Å². The van der Waals surface area contributed by atoms with Crippen molar-refractivity contribution >= 4 is 45.0 Å². The number of halogens is 2. The molecular weight excluding hydrogens is 501 g/mol. The van der Waals surface area contributed by atoms with Gasteiger partial charge in [-0.15, -0.1) is 11.3 Å². The number of nitrogens with one attached hydrogen (secondary N) is 1. The number of methoxy groups -OCH3 is 1. The molecule has 2 heterocycles. The maximum absolute atomic E-state index is 13.8. The predicted octanol–water partition coefficient (Wildman–Crippen LogP) is 4.45. The summed E-state index contributed by atoms with van der Waals surface area (Å²) in [6, 6.07) is 3.53. The first-order chi connectivity index (χ1) is 15.4. The molecule has 0 spiro atoms. The fourth-order valence-electron chi connectivity index (χ4n) is 4.25. The number of esters is 1. The van der Waals surface area contributed by atoms with E-state index in [0.717, 1.165) is 0 Å². The van der Waals surface area contributed by atoms with Crippen molar-refractivity contribution in [2.24, 2.45) is 16.8 Å². The van der Waals surface area contributed by atoms with Gasteiger partial charge in [-0.05, 0) is 49.3 Å². The van der Waals surface area contributed by atoms with E-state index in [1.165, 1.54) is 30.6 Å². The van der Waals surface area contributed by atoms with Crippen molar-refractivity contribution in [3.05, 3.63) is 61.9 Å². The number of thiazole rings is 1. The van der Waals surface area contributed by atoms with Gasteiger partial charge in [0.05, 0.1) is 18.6 Å². The van der Waals surface area contributed by atoms with Crippen molar-refractivity contribution in [3.63, 3.8) is 0 Å². The van der Waals surface area contributed by atoms with E-state index in [2.05, 4.69) is 26.2 Å². The normalized spacial score (nSPS) is 23.3. The van der Waals surface area contributed by atoms with Crippen molar-refractivity contribution < 1.29 is 23.8 Å². The molecule has 1 aromatic carbocycles. The Morgan fingerprint density at radius 3 is 2.62 bits per heavy atom. The third kappa shape index (κ3) is 4.47. The number of carbonyl (C=O) groups excluding carboxylic acids is 1. The summed E-state index contributed by atoms with van der Waals surface area (Å²) < 4.78 is 19.4. The van der Waals surface area contributed by atoms with Crippen LogP contribution in [0.3, 0.4) is 0 Å². The highest BCUT2D eigenvalue weighted by Gasteiger charge is 2.38. The number of carbonyl (C=O) groups is 2. The van der Waals surface area contributed by atoms with Crippen LogP contribution in [-0.4, -0.2) is 35.0 Å². The van der Waals surface area contributed by atoms with Gasteiger partial charge >= 0.3 is 11.9 Å². The summed E-state index contributed by atoms with van der Waals surface area (Å²) in [5.74, 6) is -1.66. The minimum absolute atomic E-state index is 0.0631. The molecule has 1 aliphatic heterocycles. The molecule has 0 amide bonds. The number of aliphatic imine (C=N–C) groups is 1. The Balaban J connectivity index is 1.82. The predicted molar refractivity (Wildman–Crippen MR) is 121 cm³/mol. The van der Waals surface area contributed by atoms with Gasteiger partial charge in [0.25, 0.3) is 0 Å². The number of nitrogens with zero attached hydrogens (tertiary/aromatic N) is 2. The number of rotatable bonds is 5. The summed E-state index contributed by atoms with van der Waals surface area (Å²) in [4.78, 5) is 33.5. The molecule has 1 aromatic heterocycles. The minimum atomic E-state index is -0.791. The zero-order valence-electron chi connectivity index (χ0n) is 17.2. The van der Waals surface area contributed by atoms with E-state index >= 15 is 0 Å². The molecule has 2 N–H and O–H groups in total. The summed E-state index contributed by atoms with van der Waals surface area (Å²) >= 11 is 4.82. The van der Waals surface area contributed by atoms with Gasteiger partial charge in [0, 0.05) is 21.7 Å². The molecule has 0 saturated heterocycles. The number of hydrogen-bond donors (Lipinski definition) is 2. The lowest BCUT2D eigenvalue weighted by Crippen LogP contribution is -2.38. The number of hydrogen-bond acceptors (Lipinski definition) is 7. The summed E-state index contributed by atoms with van der Waals surface area (Å²) in [6.07, 6.45) is 3.94. The van der Waals surface area contributed by atoms with Crippen LogP contribution in [0.15, 0.2) is 50.5 Å². The summed E-state index contributed by atoms with van der Waals surface area (Å²) in [5, 5.41) is 15.2. The highest BCUT2D eigenvalue weighted by Crippen LogP contribution is 2.42. The lowest BCUT2D eigenvalue weighted by Gasteiger charge is -2.34. The lowest BCUT2D eigenvalue weighted by molar-refractivity contribution is -0.143. The molecule has 0 radical (unpaired) electrons. The quantitative estimate of drug-likeness (QED) is 0.563. The molecule has 1 saturated carbocycles. The maximum Gasteiger partial charge on any atom is 0.338 e. The smallest absolute Gasteiger partial charge is 0.338 e. The minimum Gasteiger partial charge on any atom is -0.481 e. The summed E-state index contributed by atoms with van der Waals surface area (Å²) in [5.41, 5.74) is 1.64. The number of amidine groups is 1. The Hall–Kier alpha value is -2.59. The van der Waals surface area contributed by atoms with Crippen LogP contribution in [0.25, 0.3) is 0 Å². The molecule has 32 heavy (non-hydrogen) atoms. The lowest BCUT2D eigenvalue weighted by atomic mass is 9.78. The standard InChI is InChI=1S/C22H21BrFN3O4S/c1-31-22(30)16-17(11-2-4-12(5-3-11)21(28)29)26-19(20-25-8-9-32-20)27-18(16)14-7-6-13(24)10-15(14)23/h6-12,18H,2-5H2,1H3,(H,26,27)(H,28,29)/t11?,12?,18-/m0/s1. The maximum atomic E-state index is 13.8. The highest BCUT2D eigenvalue weighted by molar-refractivity contribution is 9.10. The van der Waals surface area contributed by atoms with Crippen LogP contribution in [0.1, 0.15) is 42.3 Å². The molecular formula is C22H21BrFN3O4S. The van der Waals surface area contributed by atoms with Crippen molar-refractivity contribution in [2.75, 3.05) is 7.11 Å². The SMILES string of the molecule is COC(=O)C1=C(C2CCC(C(=O)O)CC2)NC(c2nccs2)=N[C@H]1c1ccc(F)cc1Br. The van der Waals surface area contributed by atoms with Gasteiger partial charge in [0.2, 0.25) is 0 Å². The number of allylic oxidation sites excluding steroid dienone is 1. The number of aliphatic carboxylic acids is 1. The van der Waals surface area contributed by atoms with Gasteiger partial charge in [-0.3, -0.25) is 9.79 Å². The van der Waals surface area contributed by atoms with Crippen molar-refractivity contribution in [3.8, 4) is 0 Å². The van der Waals surface area contributed by atoms with Crippen LogP contribution < -0.4 is 5.32 Å². The Morgan fingerprint density at radius 2 is 2.03 bits per heavy atom. The van der Waals surface area contributed by atoms with Crippen LogP contribution in [0, 0.1) is 17.7 Å². The Labute approximate surface area is 196 Å². The number of carboxylic acids is 1. The van der Waals surface area contributed by atoms with E-state index in [-0.39, 0.29) is 11.8 Å². The van der Waals surface area contributed by atoms with Crippen molar-refractivity contribution in [2.45, 2.75) is 31.7 Å². The van der Waals surface area contributed by atoms with Gasteiger partial charge in [0.15, 0.2) is 10.8 Å². The fraction of sp³-hybridized carbons (Fsp3) is 0.364. The van der Waals surface area contributed by atoms with Gasteiger partial charge in [-0.2, -0.15) is 0 Å². The highest BCUT2D eigenvalue weighted by atomic mass is 79.9. The largest absolute Gasteiger partial charge is 0.481 e. The molecule has 0 bridgehead atoms. The summed E-state index contributed by atoms with van der Waals surface area (Å²) in [6.45, 7) is 0. The molecule has 1 fully saturated rings. The molecule has 168 valence electrons. The topological polar surface area (TPSA) is 101 Å². The zero-order valence-corrected chi connectivity index (χ0v) is 19.6. The second-order valence-corrected chi connectivity index (χ2v) is 9.46. The number of ether oxygens (including phenoxy) is 1. The van der Waals surface area contributed by atoms with Crippen LogP contribution >= 0.6 is 27.3 Å². The van der Waals surface area contributed by atoms with Gasteiger partial charge in [-0.25, -0.2) is 14.2 Å². The molecule has 4 rings (SSSR count). The monoisotopic (exact) mass is 521 g/mol. The average Bonchev–Trinajstić information content (AvgIpc) is 3.33. The molecule has 1 aliphatic carbocycles. The van der Waals surface area contributed by atoms with E-state index in [9.17, 15) is 19.1 Å². The first kappa shape index (κ1) is 22.6. The summed E-state index contributed by atoms with van der Waals surface area (Å²) in [7, 11) is 1.31. The molecule has 10 heteroatoms. The third-order valence-electron chi connectivity index (χ3n) is 5.86. The van der Waals surface area contributed by atoms with Gasteiger partial charge in [0.1, 0.15) is 11.9 Å². The zero-order chi connectivity index (χ0) is 22.8. The van der Waals surface area contributed by atoms with Gasteiger partial charge < -0.3 is 15.2 Å². The number of aromatic nitrogens is 1. The molecule has 7 nitrogen and oxygen atoms in total. The number of carboxylic acid groups (broad SMARTS) is 1.